The quantitative estimate of drug-likeness (QED) is 0.658. The first-order valence-corrected chi connectivity index (χ1v) is 11.9. The van der Waals surface area contributed by atoms with E-state index in [0.29, 0.717) is 35.7 Å². The Kier molecular flexibility index (Phi) is 6.86. The molecular weight excluding hydrogens is 418 g/mol. The van der Waals surface area contributed by atoms with Crippen molar-refractivity contribution in [2.45, 2.75) is 39.0 Å². The highest BCUT2D eigenvalue weighted by molar-refractivity contribution is 7.89. The number of ether oxygens (including phenoxy) is 1. The minimum atomic E-state index is -3.65. The van der Waals surface area contributed by atoms with Gasteiger partial charge in [-0.15, -0.1) is 0 Å². The Balaban J connectivity index is 1.72. The lowest BCUT2D eigenvalue weighted by Crippen LogP contribution is -2.50. The second-order valence-corrected chi connectivity index (χ2v) is 9.43. The van der Waals surface area contributed by atoms with Crippen molar-refractivity contribution >= 4 is 21.7 Å². The molecule has 1 aliphatic heterocycles. The summed E-state index contributed by atoms with van der Waals surface area (Å²) in [5.74, 6) is 0.344. The second-order valence-electron chi connectivity index (χ2n) is 7.49. The van der Waals surface area contributed by atoms with Gasteiger partial charge in [0.2, 0.25) is 10.0 Å². The molecule has 31 heavy (non-hydrogen) atoms. The third-order valence-corrected chi connectivity index (χ3v) is 7.42. The van der Waals surface area contributed by atoms with Crippen LogP contribution in [-0.2, 0) is 16.4 Å². The number of nitrogens with one attached hydrogen (secondary N) is 1. The molecule has 168 valence electrons. The number of carbonyl (C=O) groups is 2. The first-order chi connectivity index (χ1) is 14.7. The smallest absolute Gasteiger partial charge is 0.270 e. The van der Waals surface area contributed by atoms with E-state index in [1.807, 2.05) is 13.8 Å². The fourth-order valence-electron chi connectivity index (χ4n) is 4.00. The van der Waals surface area contributed by atoms with Gasteiger partial charge >= 0.3 is 0 Å². The standard InChI is InChI=1S/C22H29N3O5S/c1-5-19-20(16(4)26)15(3)23-21(19)22(27)24-11-13-25(14-12-24)31(28,29)18-9-7-17(8-10-18)30-6-2/h7-10,23H,5-6,11-14H2,1-4H3. The molecule has 1 saturated heterocycles. The number of H-pyrrole nitrogens is 1. The topological polar surface area (TPSA) is 99.8 Å². The number of piperazine rings is 1. The molecule has 0 unspecified atom stereocenters. The van der Waals surface area contributed by atoms with Crippen molar-refractivity contribution in [3.05, 3.63) is 46.8 Å². The number of hydrogen-bond acceptors (Lipinski definition) is 5. The first kappa shape index (κ1) is 23.0. The number of nitrogens with zero attached hydrogens (tertiary/aromatic N) is 2. The molecule has 1 N–H and O–H groups in total. The maximum Gasteiger partial charge on any atom is 0.270 e. The lowest BCUT2D eigenvalue weighted by atomic mass is 10.0. The Hall–Kier alpha value is -2.65. The fourth-order valence-corrected chi connectivity index (χ4v) is 5.42. The molecule has 1 aromatic carbocycles. The van der Waals surface area contributed by atoms with Crippen molar-refractivity contribution in [1.29, 1.82) is 0 Å². The van der Waals surface area contributed by atoms with Crippen molar-refractivity contribution < 1.29 is 22.7 Å². The molecule has 1 amide bonds. The molecule has 1 fully saturated rings. The number of carbonyl (C=O) groups excluding carboxylic acids is 2. The van der Waals surface area contributed by atoms with Crippen LogP contribution in [0.4, 0.5) is 0 Å². The lowest BCUT2D eigenvalue weighted by Gasteiger charge is -2.34. The molecule has 2 aromatic rings. The van der Waals surface area contributed by atoms with Gasteiger partial charge in [0, 0.05) is 37.4 Å². The molecule has 2 heterocycles. The average Bonchev–Trinajstić information content (AvgIpc) is 3.10. The number of amides is 1. The van der Waals surface area contributed by atoms with Gasteiger partial charge in [-0.1, -0.05) is 6.92 Å². The van der Waals surface area contributed by atoms with Crippen LogP contribution in [0.1, 0.15) is 52.9 Å². The zero-order chi connectivity index (χ0) is 22.8. The van der Waals surface area contributed by atoms with E-state index in [1.165, 1.54) is 23.4 Å². The molecule has 1 aliphatic rings. The normalized spacial score (nSPS) is 15.2. The van der Waals surface area contributed by atoms with Crippen molar-refractivity contribution in [2.75, 3.05) is 32.8 Å². The number of aromatic amines is 1. The summed E-state index contributed by atoms with van der Waals surface area (Å²) in [6.45, 7) is 8.55. The summed E-state index contributed by atoms with van der Waals surface area (Å²) in [5.41, 5.74) is 2.40. The van der Waals surface area contributed by atoms with E-state index in [2.05, 4.69) is 4.98 Å². The number of benzene rings is 1. The maximum absolute atomic E-state index is 13.1. The zero-order valence-electron chi connectivity index (χ0n) is 18.4. The van der Waals surface area contributed by atoms with E-state index >= 15 is 0 Å². The van der Waals surface area contributed by atoms with Gasteiger partial charge in [0.25, 0.3) is 5.91 Å². The molecule has 0 saturated carbocycles. The monoisotopic (exact) mass is 447 g/mol. The number of hydrogen-bond donors (Lipinski definition) is 1. The van der Waals surface area contributed by atoms with Gasteiger partial charge in [-0.25, -0.2) is 8.42 Å². The summed E-state index contributed by atoms with van der Waals surface area (Å²) in [7, 11) is -3.65. The van der Waals surface area contributed by atoms with E-state index in [9.17, 15) is 18.0 Å². The predicted octanol–water partition coefficient (Wildman–Crippen LogP) is 2.63. The number of rotatable bonds is 7. The van der Waals surface area contributed by atoms with Gasteiger partial charge < -0.3 is 14.6 Å². The summed E-state index contributed by atoms with van der Waals surface area (Å²) < 4.78 is 32.7. The Morgan fingerprint density at radius 3 is 2.19 bits per heavy atom. The molecule has 0 spiro atoms. The Morgan fingerprint density at radius 1 is 1.06 bits per heavy atom. The molecule has 8 nitrogen and oxygen atoms in total. The van der Waals surface area contributed by atoms with Gasteiger partial charge in [0.05, 0.1) is 11.5 Å². The van der Waals surface area contributed by atoms with E-state index in [0.717, 1.165) is 5.56 Å². The van der Waals surface area contributed by atoms with E-state index < -0.39 is 10.0 Å². The number of sulfonamides is 1. The van der Waals surface area contributed by atoms with Crippen LogP contribution in [0.2, 0.25) is 0 Å². The minimum absolute atomic E-state index is 0.0732. The Labute approximate surface area is 183 Å². The van der Waals surface area contributed by atoms with Crippen LogP contribution in [0, 0.1) is 6.92 Å². The summed E-state index contributed by atoms with van der Waals surface area (Å²) in [5, 5.41) is 0. The van der Waals surface area contributed by atoms with Crippen LogP contribution in [0.25, 0.3) is 0 Å². The minimum Gasteiger partial charge on any atom is -0.494 e. The van der Waals surface area contributed by atoms with E-state index in [-0.39, 0.29) is 42.8 Å². The predicted molar refractivity (Wildman–Crippen MR) is 117 cm³/mol. The molecule has 0 bridgehead atoms. The first-order valence-electron chi connectivity index (χ1n) is 10.4. The number of aryl methyl sites for hydroxylation is 1. The van der Waals surface area contributed by atoms with Gasteiger partial charge in [0.15, 0.2) is 5.78 Å². The average molecular weight is 448 g/mol. The third kappa shape index (κ3) is 4.52. The molecule has 0 aliphatic carbocycles. The summed E-state index contributed by atoms with van der Waals surface area (Å²) in [4.78, 5) is 30.0. The van der Waals surface area contributed by atoms with E-state index in [4.69, 9.17) is 4.74 Å². The van der Waals surface area contributed by atoms with Crippen LogP contribution in [0.15, 0.2) is 29.2 Å². The summed E-state index contributed by atoms with van der Waals surface area (Å²) in [6.07, 6.45) is 0.562. The number of Topliss-reactive ketones (excluding diaryl/α,β-unsaturated/α-hetero) is 1. The van der Waals surface area contributed by atoms with Crippen LogP contribution in [0.3, 0.4) is 0 Å². The zero-order valence-corrected chi connectivity index (χ0v) is 19.2. The maximum atomic E-state index is 13.1. The molecular formula is C22H29N3O5S. The SMILES string of the molecule is CCOc1ccc(S(=O)(=O)N2CCN(C(=O)c3[nH]c(C)c(C(C)=O)c3CC)CC2)cc1. The highest BCUT2D eigenvalue weighted by Gasteiger charge is 2.32. The third-order valence-electron chi connectivity index (χ3n) is 5.51. The van der Waals surface area contributed by atoms with Crippen LogP contribution >= 0.6 is 0 Å². The Bertz CT molecular complexity index is 1070. The molecule has 3 rings (SSSR count). The van der Waals surface area contributed by atoms with Gasteiger partial charge in [0.1, 0.15) is 11.4 Å². The highest BCUT2D eigenvalue weighted by Crippen LogP contribution is 2.24. The molecule has 0 atom stereocenters. The van der Waals surface area contributed by atoms with Crippen molar-refractivity contribution in [2.24, 2.45) is 0 Å². The van der Waals surface area contributed by atoms with Crippen molar-refractivity contribution in [3.8, 4) is 5.75 Å². The van der Waals surface area contributed by atoms with E-state index in [1.54, 1.807) is 24.0 Å². The van der Waals surface area contributed by atoms with Gasteiger partial charge in [-0.05, 0) is 57.0 Å². The molecule has 9 heteroatoms. The van der Waals surface area contributed by atoms with Gasteiger partial charge in [-0.3, -0.25) is 9.59 Å². The lowest BCUT2D eigenvalue weighted by molar-refractivity contribution is 0.0691. The Morgan fingerprint density at radius 2 is 1.68 bits per heavy atom. The van der Waals surface area contributed by atoms with Gasteiger partial charge in [-0.2, -0.15) is 4.31 Å². The highest BCUT2D eigenvalue weighted by atomic mass is 32.2. The molecule has 1 aromatic heterocycles. The molecule has 0 radical (unpaired) electrons. The fraction of sp³-hybridized carbons (Fsp3) is 0.455. The summed E-state index contributed by atoms with van der Waals surface area (Å²) in [6, 6.07) is 6.36. The largest absolute Gasteiger partial charge is 0.494 e. The van der Waals surface area contributed by atoms with Crippen LogP contribution in [-0.4, -0.2) is 67.1 Å². The second kappa shape index (κ2) is 9.23. The van der Waals surface area contributed by atoms with Crippen molar-refractivity contribution in [1.82, 2.24) is 14.2 Å². The number of ketones is 1. The van der Waals surface area contributed by atoms with Crippen LogP contribution < -0.4 is 4.74 Å². The number of aromatic nitrogens is 1. The van der Waals surface area contributed by atoms with Crippen LogP contribution in [0.5, 0.6) is 5.75 Å². The van der Waals surface area contributed by atoms with Crippen molar-refractivity contribution in [3.63, 3.8) is 0 Å². The summed E-state index contributed by atoms with van der Waals surface area (Å²) >= 11 is 0.